The molecule has 1 aliphatic carbocycles. The smallest absolute Gasteiger partial charge is 0.237 e. The molecule has 2 atom stereocenters. The van der Waals surface area contributed by atoms with E-state index in [2.05, 4.69) is 34.9 Å². The van der Waals surface area contributed by atoms with E-state index in [4.69, 9.17) is 0 Å². The molecule has 19 heavy (non-hydrogen) atoms. The van der Waals surface area contributed by atoms with E-state index < -0.39 is 0 Å². The van der Waals surface area contributed by atoms with Gasteiger partial charge in [-0.05, 0) is 43.7 Å². The molecule has 1 heterocycles. The van der Waals surface area contributed by atoms with Gasteiger partial charge in [-0.15, -0.1) is 0 Å². The van der Waals surface area contributed by atoms with E-state index in [-0.39, 0.29) is 18.0 Å². The van der Waals surface area contributed by atoms with Gasteiger partial charge in [-0.1, -0.05) is 36.8 Å². The highest BCUT2D eigenvalue weighted by Gasteiger charge is 2.34. The lowest BCUT2D eigenvalue weighted by molar-refractivity contribution is -0.124. The van der Waals surface area contributed by atoms with Crippen LogP contribution in [0.15, 0.2) is 30.3 Å². The molecule has 2 N–H and O–H groups in total. The summed E-state index contributed by atoms with van der Waals surface area (Å²) in [6, 6.07) is 10.6. The van der Waals surface area contributed by atoms with Crippen molar-refractivity contribution in [2.24, 2.45) is 5.92 Å². The molecule has 1 saturated heterocycles. The van der Waals surface area contributed by atoms with Crippen LogP contribution in [0.25, 0.3) is 0 Å². The van der Waals surface area contributed by atoms with Crippen LogP contribution in [0.3, 0.4) is 0 Å². The largest absolute Gasteiger partial charge is 0.348 e. The molecule has 1 amide bonds. The number of hydrogen-bond donors (Lipinski definition) is 2. The third kappa shape index (κ3) is 3.16. The molecule has 2 aliphatic rings. The lowest BCUT2D eigenvalue weighted by Gasteiger charge is -2.26. The Morgan fingerprint density at radius 3 is 2.58 bits per heavy atom. The van der Waals surface area contributed by atoms with Crippen LogP contribution in [0.2, 0.25) is 0 Å². The van der Waals surface area contributed by atoms with Crippen LogP contribution in [0.5, 0.6) is 0 Å². The molecule has 3 rings (SSSR count). The fourth-order valence-corrected chi connectivity index (χ4v) is 2.89. The zero-order chi connectivity index (χ0) is 13.1. The lowest BCUT2D eigenvalue weighted by Crippen LogP contribution is -2.47. The van der Waals surface area contributed by atoms with E-state index >= 15 is 0 Å². The second-order valence-corrected chi connectivity index (χ2v) is 5.74. The third-order valence-corrected chi connectivity index (χ3v) is 4.18. The van der Waals surface area contributed by atoms with E-state index in [1.54, 1.807) is 0 Å². The summed E-state index contributed by atoms with van der Waals surface area (Å²) in [6.07, 6.45) is 5.78. The quantitative estimate of drug-likeness (QED) is 0.870. The lowest BCUT2D eigenvalue weighted by atomic mass is 10.00. The van der Waals surface area contributed by atoms with Crippen molar-refractivity contribution < 1.29 is 4.79 Å². The topological polar surface area (TPSA) is 41.1 Å². The summed E-state index contributed by atoms with van der Waals surface area (Å²) in [6.45, 7) is 0.970. The second kappa shape index (κ2) is 5.74. The minimum Gasteiger partial charge on any atom is -0.348 e. The maximum atomic E-state index is 12.3. The van der Waals surface area contributed by atoms with Crippen molar-refractivity contribution in [2.75, 3.05) is 6.54 Å². The van der Waals surface area contributed by atoms with Gasteiger partial charge < -0.3 is 10.6 Å². The molecule has 0 radical (unpaired) electrons. The maximum absolute atomic E-state index is 12.3. The molecule has 0 spiro atoms. The van der Waals surface area contributed by atoms with Gasteiger partial charge in [0.25, 0.3) is 0 Å². The third-order valence-electron chi connectivity index (χ3n) is 4.18. The number of carbonyl (C=O) groups is 1. The first-order valence-corrected chi connectivity index (χ1v) is 7.43. The first-order chi connectivity index (χ1) is 9.34. The number of benzene rings is 1. The molecular formula is C16H22N2O. The molecule has 0 aromatic heterocycles. The molecule has 0 bridgehead atoms. The predicted octanol–water partition coefficient (Wildman–Crippen LogP) is 2.40. The summed E-state index contributed by atoms with van der Waals surface area (Å²) in [5, 5.41) is 6.59. The monoisotopic (exact) mass is 258 g/mol. The highest BCUT2D eigenvalue weighted by atomic mass is 16.2. The van der Waals surface area contributed by atoms with Gasteiger partial charge in [0.05, 0.1) is 12.1 Å². The Kier molecular flexibility index (Phi) is 3.83. The average Bonchev–Trinajstić information content (AvgIpc) is 3.31. The van der Waals surface area contributed by atoms with Crippen molar-refractivity contribution in [3.05, 3.63) is 35.9 Å². The molecule has 2 fully saturated rings. The summed E-state index contributed by atoms with van der Waals surface area (Å²) in [5.74, 6) is 0.815. The van der Waals surface area contributed by atoms with Crippen molar-refractivity contribution in [3.8, 4) is 0 Å². The first-order valence-electron chi connectivity index (χ1n) is 7.43. The molecule has 1 saturated carbocycles. The Morgan fingerprint density at radius 1 is 1.16 bits per heavy atom. The number of amides is 1. The molecule has 1 aromatic rings. The maximum Gasteiger partial charge on any atom is 0.237 e. The van der Waals surface area contributed by atoms with Crippen LogP contribution in [-0.4, -0.2) is 18.5 Å². The Labute approximate surface area is 114 Å². The van der Waals surface area contributed by atoms with Crippen LogP contribution < -0.4 is 10.6 Å². The zero-order valence-corrected chi connectivity index (χ0v) is 11.3. The number of nitrogens with one attached hydrogen (secondary N) is 2. The van der Waals surface area contributed by atoms with Crippen molar-refractivity contribution in [2.45, 2.75) is 44.2 Å². The number of piperidine rings is 1. The molecule has 1 aliphatic heterocycles. The Hall–Kier alpha value is -1.35. The molecule has 102 valence electrons. The number of rotatable bonds is 4. The van der Waals surface area contributed by atoms with Gasteiger partial charge in [-0.3, -0.25) is 4.79 Å². The number of hydrogen-bond acceptors (Lipinski definition) is 2. The highest BCUT2D eigenvalue weighted by Crippen LogP contribution is 2.41. The first kappa shape index (κ1) is 12.7. The zero-order valence-electron chi connectivity index (χ0n) is 11.3. The van der Waals surface area contributed by atoms with Gasteiger partial charge >= 0.3 is 0 Å². The van der Waals surface area contributed by atoms with Crippen molar-refractivity contribution >= 4 is 5.91 Å². The van der Waals surface area contributed by atoms with Gasteiger partial charge in [0.2, 0.25) is 5.91 Å². The van der Waals surface area contributed by atoms with Crippen molar-refractivity contribution in [3.63, 3.8) is 0 Å². The van der Waals surface area contributed by atoms with E-state index in [1.165, 1.54) is 24.8 Å². The van der Waals surface area contributed by atoms with Gasteiger partial charge in [0.1, 0.15) is 0 Å². The molecular weight excluding hydrogens is 236 g/mol. The number of carbonyl (C=O) groups excluding carboxylic acids is 1. The summed E-state index contributed by atoms with van der Waals surface area (Å²) in [7, 11) is 0. The van der Waals surface area contributed by atoms with E-state index in [9.17, 15) is 4.79 Å². The molecule has 3 heteroatoms. The minimum atomic E-state index is 0.0127. The van der Waals surface area contributed by atoms with Gasteiger partial charge in [-0.25, -0.2) is 0 Å². The second-order valence-electron chi connectivity index (χ2n) is 5.74. The van der Waals surface area contributed by atoms with E-state index in [0.717, 1.165) is 19.4 Å². The van der Waals surface area contributed by atoms with Crippen LogP contribution in [0.4, 0.5) is 0 Å². The van der Waals surface area contributed by atoms with Crippen LogP contribution in [0, 0.1) is 5.92 Å². The van der Waals surface area contributed by atoms with Crippen molar-refractivity contribution in [1.29, 1.82) is 0 Å². The van der Waals surface area contributed by atoms with E-state index in [1.807, 2.05) is 6.07 Å². The Morgan fingerprint density at radius 2 is 1.95 bits per heavy atom. The van der Waals surface area contributed by atoms with Crippen LogP contribution in [-0.2, 0) is 4.79 Å². The van der Waals surface area contributed by atoms with Gasteiger partial charge in [0.15, 0.2) is 0 Å². The SMILES string of the molecule is O=C(NC(c1ccccc1)C1CC1)[C@@H]1CCCCN1. The summed E-state index contributed by atoms with van der Waals surface area (Å²) < 4.78 is 0. The average molecular weight is 258 g/mol. The van der Waals surface area contributed by atoms with Crippen LogP contribution >= 0.6 is 0 Å². The van der Waals surface area contributed by atoms with Crippen molar-refractivity contribution in [1.82, 2.24) is 10.6 Å². The van der Waals surface area contributed by atoms with Gasteiger partial charge in [-0.2, -0.15) is 0 Å². The molecule has 1 aromatic carbocycles. The highest BCUT2D eigenvalue weighted by molar-refractivity contribution is 5.82. The van der Waals surface area contributed by atoms with Gasteiger partial charge in [0, 0.05) is 0 Å². The Balaban J connectivity index is 1.66. The summed E-state index contributed by atoms with van der Waals surface area (Å²) in [4.78, 5) is 12.3. The predicted molar refractivity (Wildman–Crippen MR) is 75.7 cm³/mol. The summed E-state index contributed by atoms with van der Waals surface area (Å²) in [5.41, 5.74) is 1.24. The molecule has 3 nitrogen and oxygen atoms in total. The Bertz CT molecular complexity index is 422. The summed E-state index contributed by atoms with van der Waals surface area (Å²) >= 11 is 0. The minimum absolute atomic E-state index is 0.0127. The van der Waals surface area contributed by atoms with E-state index in [0.29, 0.717) is 5.92 Å². The molecule has 1 unspecified atom stereocenters. The fourth-order valence-electron chi connectivity index (χ4n) is 2.89. The fraction of sp³-hybridized carbons (Fsp3) is 0.562. The standard InChI is InChI=1S/C16H22N2O/c19-16(14-8-4-5-11-17-14)18-15(13-9-10-13)12-6-2-1-3-7-12/h1-3,6-7,13-15,17H,4-5,8-11H2,(H,18,19)/t14-,15?/m0/s1. The normalized spacial score (nSPS) is 24.7. The van der Waals surface area contributed by atoms with Crippen LogP contribution in [0.1, 0.15) is 43.7 Å².